The summed E-state index contributed by atoms with van der Waals surface area (Å²) in [6.07, 6.45) is 1.17. The summed E-state index contributed by atoms with van der Waals surface area (Å²) in [5, 5.41) is 5.64. The Hall–Kier alpha value is -2.37. The molecule has 24 heavy (non-hydrogen) atoms. The Balaban J connectivity index is 2.00. The highest BCUT2D eigenvalue weighted by Crippen LogP contribution is 2.20. The van der Waals surface area contributed by atoms with E-state index in [1.807, 2.05) is 49.6 Å². The predicted octanol–water partition coefficient (Wildman–Crippen LogP) is 2.94. The second kappa shape index (κ2) is 7.47. The van der Waals surface area contributed by atoms with Gasteiger partial charge in [0, 0.05) is 24.9 Å². The predicted molar refractivity (Wildman–Crippen MR) is 95.7 cm³/mol. The molecule has 2 N–H and O–H groups in total. The van der Waals surface area contributed by atoms with Gasteiger partial charge in [0.05, 0.1) is 11.0 Å². The number of carbonyl (C=O) groups is 2. The second-order valence-electron chi connectivity index (χ2n) is 6.88. The summed E-state index contributed by atoms with van der Waals surface area (Å²) in [4.78, 5) is 28.5. The van der Waals surface area contributed by atoms with E-state index in [9.17, 15) is 9.59 Å². The molecule has 2 amide bonds. The first kappa shape index (κ1) is 18.0. The number of benzene rings is 1. The normalized spacial score (nSPS) is 11.5. The number of imidazole rings is 1. The van der Waals surface area contributed by atoms with Crippen molar-refractivity contribution in [3.8, 4) is 0 Å². The number of amides is 2. The topological polar surface area (TPSA) is 76.0 Å². The van der Waals surface area contributed by atoms with Gasteiger partial charge in [-0.15, -0.1) is 0 Å². The molecule has 2 aromatic rings. The second-order valence-corrected chi connectivity index (χ2v) is 6.88. The minimum absolute atomic E-state index is 0.0616. The summed E-state index contributed by atoms with van der Waals surface area (Å²) in [6.45, 7) is 8.72. The average molecular weight is 330 g/mol. The van der Waals surface area contributed by atoms with Crippen molar-refractivity contribution in [2.24, 2.45) is 5.41 Å². The van der Waals surface area contributed by atoms with Crippen molar-refractivity contribution in [1.82, 2.24) is 14.9 Å². The van der Waals surface area contributed by atoms with E-state index in [1.165, 1.54) is 0 Å². The van der Waals surface area contributed by atoms with Crippen LogP contribution in [0.4, 0.5) is 5.95 Å². The lowest BCUT2D eigenvalue weighted by molar-refractivity contribution is -0.128. The van der Waals surface area contributed by atoms with Crippen LogP contribution in [0.25, 0.3) is 11.0 Å². The maximum absolute atomic E-state index is 12.2. The van der Waals surface area contributed by atoms with Crippen molar-refractivity contribution in [1.29, 1.82) is 0 Å². The van der Waals surface area contributed by atoms with E-state index >= 15 is 0 Å². The van der Waals surface area contributed by atoms with Crippen molar-refractivity contribution in [3.05, 3.63) is 24.3 Å². The molecule has 0 saturated carbocycles. The van der Waals surface area contributed by atoms with Gasteiger partial charge >= 0.3 is 0 Å². The Labute approximate surface area is 142 Å². The summed E-state index contributed by atoms with van der Waals surface area (Å²) in [5.74, 6) is 0.343. The fraction of sp³-hybridized carbons (Fsp3) is 0.500. The molecule has 0 aliphatic rings. The molecule has 0 bridgehead atoms. The van der Waals surface area contributed by atoms with Gasteiger partial charge < -0.3 is 9.88 Å². The monoisotopic (exact) mass is 330 g/mol. The van der Waals surface area contributed by atoms with Crippen LogP contribution in [0, 0.1) is 5.41 Å². The van der Waals surface area contributed by atoms with Crippen LogP contribution in [0.15, 0.2) is 24.3 Å². The Morgan fingerprint density at radius 2 is 1.92 bits per heavy atom. The SMILES string of the molecule is CCCn1c(NC(=O)CCNC(=O)C(C)(C)C)nc2ccccc21. The lowest BCUT2D eigenvalue weighted by Crippen LogP contribution is -2.36. The molecule has 0 atom stereocenters. The Kier molecular flexibility index (Phi) is 5.59. The quantitative estimate of drug-likeness (QED) is 0.855. The molecule has 2 rings (SSSR count). The summed E-state index contributed by atoms with van der Waals surface area (Å²) in [7, 11) is 0. The molecule has 1 aromatic heterocycles. The van der Waals surface area contributed by atoms with E-state index in [0.717, 1.165) is 24.0 Å². The molecule has 0 aliphatic heterocycles. The molecule has 1 heterocycles. The molecule has 130 valence electrons. The molecular weight excluding hydrogens is 304 g/mol. The number of fused-ring (bicyclic) bond motifs is 1. The van der Waals surface area contributed by atoms with E-state index in [-0.39, 0.29) is 18.2 Å². The average Bonchev–Trinajstić information content (AvgIpc) is 2.84. The first-order valence-corrected chi connectivity index (χ1v) is 8.36. The van der Waals surface area contributed by atoms with Gasteiger partial charge in [0.1, 0.15) is 0 Å². The first-order chi connectivity index (χ1) is 11.3. The minimum atomic E-state index is -0.453. The number of anilines is 1. The molecule has 0 spiro atoms. The molecule has 0 unspecified atom stereocenters. The third-order valence-corrected chi connectivity index (χ3v) is 3.67. The molecule has 0 aliphatic carbocycles. The highest BCUT2D eigenvalue weighted by molar-refractivity contribution is 5.92. The Bertz CT molecular complexity index is 728. The summed E-state index contributed by atoms with van der Waals surface area (Å²) < 4.78 is 2.01. The van der Waals surface area contributed by atoms with Crippen LogP contribution < -0.4 is 10.6 Å². The number of hydrogen-bond donors (Lipinski definition) is 2. The van der Waals surface area contributed by atoms with Crippen LogP contribution in [0.2, 0.25) is 0 Å². The molecule has 0 radical (unpaired) electrons. The van der Waals surface area contributed by atoms with Crippen molar-refractivity contribution in [2.75, 3.05) is 11.9 Å². The van der Waals surface area contributed by atoms with Gasteiger partial charge in [-0.25, -0.2) is 4.98 Å². The van der Waals surface area contributed by atoms with Crippen molar-refractivity contribution < 1.29 is 9.59 Å². The number of carbonyl (C=O) groups excluding carboxylic acids is 2. The highest BCUT2D eigenvalue weighted by Gasteiger charge is 2.20. The van der Waals surface area contributed by atoms with Crippen molar-refractivity contribution >= 4 is 28.8 Å². The zero-order valence-corrected chi connectivity index (χ0v) is 14.8. The molecule has 6 heteroatoms. The van der Waals surface area contributed by atoms with Gasteiger partial charge in [0.2, 0.25) is 17.8 Å². The third kappa shape index (κ3) is 4.34. The maximum atomic E-state index is 12.2. The number of nitrogens with zero attached hydrogens (tertiary/aromatic N) is 2. The summed E-state index contributed by atoms with van der Waals surface area (Å²) in [6, 6.07) is 7.82. The van der Waals surface area contributed by atoms with Crippen LogP contribution >= 0.6 is 0 Å². The smallest absolute Gasteiger partial charge is 0.228 e. The van der Waals surface area contributed by atoms with Crippen molar-refractivity contribution in [3.63, 3.8) is 0 Å². The lowest BCUT2D eigenvalue weighted by Gasteiger charge is -2.17. The largest absolute Gasteiger partial charge is 0.355 e. The van der Waals surface area contributed by atoms with Crippen LogP contribution in [0.5, 0.6) is 0 Å². The standard InChI is InChI=1S/C18H26N4O2/c1-5-12-22-14-9-7-6-8-13(14)20-17(22)21-15(23)10-11-19-16(24)18(2,3)4/h6-9H,5,10-12H2,1-4H3,(H,19,24)(H,20,21,23). The van der Waals surface area contributed by atoms with Gasteiger partial charge in [-0.05, 0) is 18.6 Å². The fourth-order valence-corrected chi connectivity index (χ4v) is 2.36. The van der Waals surface area contributed by atoms with E-state index < -0.39 is 5.41 Å². The molecule has 1 aromatic carbocycles. The Morgan fingerprint density at radius 1 is 1.21 bits per heavy atom. The highest BCUT2D eigenvalue weighted by atomic mass is 16.2. The fourth-order valence-electron chi connectivity index (χ4n) is 2.36. The van der Waals surface area contributed by atoms with Gasteiger partial charge in [-0.2, -0.15) is 0 Å². The van der Waals surface area contributed by atoms with Gasteiger partial charge in [-0.1, -0.05) is 39.8 Å². The zero-order chi connectivity index (χ0) is 17.7. The van der Waals surface area contributed by atoms with Crippen LogP contribution in [0.3, 0.4) is 0 Å². The zero-order valence-electron chi connectivity index (χ0n) is 14.8. The minimum Gasteiger partial charge on any atom is -0.355 e. The van der Waals surface area contributed by atoms with E-state index in [1.54, 1.807) is 0 Å². The molecule has 0 saturated heterocycles. The van der Waals surface area contributed by atoms with E-state index in [0.29, 0.717) is 12.5 Å². The van der Waals surface area contributed by atoms with Gasteiger partial charge in [0.25, 0.3) is 0 Å². The van der Waals surface area contributed by atoms with Crippen LogP contribution in [-0.4, -0.2) is 27.9 Å². The lowest BCUT2D eigenvalue weighted by atomic mass is 9.96. The number of aromatic nitrogens is 2. The number of rotatable bonds is 6. The number of aryl methyl sites for hydroxylation is 1. The number of nitrogens with one attached hydrogen (secondary N) is 2. The van der Waals surface area contributed by atoms with Gasteiger partial charge in [0.15, 0.2) is 0 Å². The van der Waals surface area contributed by atoms with E-state index in [2.05, 4.69) is 22.5 Å². The number of hydrogen-bond acceptors (Lipinski definition) is 3. The van der Waals surface area contributed by atoms with Crippen molar-refractivity contribution in [2.45, 2.75) is 47.1 Å². The van der Waals surface area contributed by atoms with Crippen LogP contribution in [-0.2, 0) is 16.1 Å². The third-order valence-electron chi connectivity index (χ3n) is 3.67. The first-order valence-electron chi connectivity index (χ1n) is 8.36. The molecular formula is C18H26N4O2. The maximum Gasteiger partial charge on any atom is 0.228 e. The van der Waals surface area contributed by atoms with E-state index in [4.69, 9.17) is 0 Å². The van der Waals surface area contributed by atoms with Crippen LogP contribution in [0.1, 0.15) is 40.5 Å². The summed E-state index contributed by atoms with van der Waals surface area (Å²) >= 11 is 0. The Morgan fingerprint density at radius 3 is 2.58 bits per heavy atom. The molecule has 0 fully saturated rings. The number of para-hydroxylation sites is 2. The van der Waals surface area contributed by atoms with Gasteiger partial charge in [-0.3, -0.25) is 14.9 Å². The summed E-state index contributed by atoms with van der Waals surface area (Å²) in [5.41, 5.74) is 1.42. The molecule has 6 nitrogen and oxygen atoms in total.